The van der Waals surface area contributed by atoms with Gasteiger partial charge in [0.2, 0.25) is 0 Å². The standard InChI is InChI=1S/C12H15N3OS2/c1-8(6-16-2)14-12(17)15-9-3-4-10-11(5-9)18-7-13-10/h3-5,7-8H,6H2,1-2H3,(H2,14,15,17). The minimum absolute atomic E-state index is 0.183. The molecule has 0 saturated heterocycles. The van der Waals surface area contributed by atoms with Crippen LogP contribution in [-0.4, -0.2) is 29.9 Å². The maximum atomic E-state index is 5.24. The number of rotatable bonds is 4. The third-order valence-corrected chi connectivity index (χ3v) is 3.39. The summed E-state index contributed by atoms with van der Waals surface area (Å²) in [6.07, 6.45) is 0. The van der Waals surface area contributed by atoms with Gasteiger partial charge in [-0.05, 0) is 37.3 Å². The Labute approximate surface area is 115 Å². The summed E-state index contributed by atoms with van der Waals surface area (Å²) in [7, 11) is 1.67. The lowest BCUT2D eigenvalue weighted by Crippen LogP contribution is -2.38. The molecule has 0 radical (unpaired) electrons. The van der Waals surface area contributed by atoms with E-state index in [0.29, 0.717) is 11.7 Å². The molecular formula is C12H15N3OS2. The van der Waals surface area contributed by atoms with Crippen molar-refractivity contribution in [3.05, 3.63) is 23.7 Å². The van der Waals surface area contributed by atoms with Gasteiger partial charge in [0.1, 0.15) is 0 Å². The summed E-state index contributed by atoms with van der Waals surface area (Å²) in [5.74, 6) is 0. The van der Waals surface area contributed by atoms with Crippen LogP contribution in [0.15, 0.2) is 23.7 Å². The quantitative estimate of drug-likeness (QED) is 0.844. The molecule has 6 heteroatoms. The number of fused-ring (bicyclic) bond motifs is 1. The van der Waals surface area contributed by atoms with E-state index in [4.69, 9.17) is 17.0 Å². The Bertz CT molecular complexity index is 541. The van der Waals surface area contributed by atoms with Gasteiger partial charge in [-0.3, -0.25) is 0 Å². The van der Waals surface area contributed by atoms with Crippen LogP contribution in [0.25, 0.3) is 10.2 Å². The Balaban J connectivity index is 1.97. The summed E-state index contributed by atoms with van der Waals surface area (Å²) in [4.78, 5) is 4.24. The Kier molecular flexibility index (Phi) is 4.46. The number of benzene rings is 1. The Morgan fingerprint density at radius 1 is 1.56 bits per heavy atom. The molecule has 1 aromatic carbocycles. The largest absolute Gasteiger partial charge is 0.383 e. The van der Waals surface area contributed by atoms with Crippen molar-refractivity contribution in [2.24, 2.45) is 0 Å². The van der Waals surface area contributed by atoms with Gasteiger partial charge in [0.05, 0.1) is 22.3 Å². The summed E-state index contributed by atoms with van der Waals surface area (Å²) >= 11 is 6.85. The molecule has 1 atom stereocenters. The van der Waals surface area contributed by atoms with Crippen LogP contribution in [0.5, 0.6) is 0 Å². The lowest BCUT2D eigenvalue weighted by Gasteiger charge is -2.16. The van der Waals surface area contributed by atoms with Crippen molar-refractivity contribution in [2.75, 3.05) is 19.0 Å². The molecule has 0 spiro atoms. The van der Waals surface area contributed by atoms with Crippen molar-refractivity contribution in [1.29, 1.82) is 0 Å². The number of aromatic nitrogens is 1. The Morgan fingerprint density at radius 3 is 3.17 bits per heavy atom. The van der Waals surface area contributed by atoms with Crippen LogP contribution < -0.4 is 10.6 Å². The molecule has 4 nitrogen and oxygen atoms in total. The lowest BCUT2D eigenvalue weighted by molar-refractivity contribution is 0.179. The fourth-order valence-corrected chi connectivity index (χ4v) is 2.65. The van der Waals surface area contributed by atoms with Gasteiger partial charge in [-0.2, -0.15) is 0 Å². The Hall–Kier alpha value is -1.24. The highest BCUT2D eigenvalue weighted by molar-refractivity contribution is 7.80. The first-order valence-corrected chi connectivity index (χ1v) is 6.87. The smallest absolute Gasteiger partial charge is 0.171 e. The predicted molar refractivity (Wildman–Crippen MR) is 80.3 cm³/mol. The minimum atomic E-state index is 0.183. The van der Waals surface area contributed by atoms with E-state index in [2.05, 4.69) is 15.6 Å². The van der Waals surface area contributed by atoms with Gasteiger partial charge in [-0.15, -0.1) is 11.3 Å². The number of nitrogens with one attached hydrogen (secondary N) is 2. The number of anilines is 1. The van der Waals surface area contributed by atoms with Gasteiger partial charge in [0.15, 0.2) is 5.11 Å². The molecule has 2 N–H and O–H groups in total. The molecule has 0 fully saturated rings. The lowest BCUT2D eigenvalue weighted by atomic mass is 10.3. The van der Waals surface area contributed by atoms with Crippen molar-refractivity contribution < 1.29 is 4.74 Å². The molecule has 1 aromatic heterocycles. The van der Waals surface area contributed by atoms with Gasteiger partial charge in [-0.1, -0.05) is 0 Å². The Morgan fingerprint density at radius 2 is 2.39 bits per heavy atom. The average molecular weight is 281 g/mol. The van der Waals surface area contributed by atoms with Crippen LogP contribution in [0.3, 0.4) is 0 Å². The molecule has 0 aliphatic heterocycles. The zero-order chi connectivity index (χ0) is 13.0. The highest BCUT2D eigenvalue weighted by Gasteiger charge is 2.04. The number of hydrogen-bond acceptors (Lipinski definition) is 4. The number of nitrogens with zero attached hydrogens (tertiary/aromatic N) is 1. The van der Waals surface area contributed by atoms with E-state index < -0.39 is 0 Å². The van der Waals surface area contributed by atoms with Gasteiger partial charge in [-0.25, -0.2) is 4.98 Å². The SMILES string of the molecule is COCC(C)NC(=S)Nc1ccc2ncsc2c1. The van der Waals surface area contributed by atoms with Gasteiger partial charge in [0.25, 0.3) is 0 Å². The van der Waals surface area contributed by atoms with Gasteiger partial charge in [0, 0.05) is 18.8 Å². The first-order chi connectivity index (χ1) is 8.69. The van der Waals surface area contributed by atoms with Crippen molar-refractivity contribution in [3.8, 4) is 0 Å². The second-order valence-corrected chi connectivity index (χ2v) is 5.28. The van der Waals surface area contributed by atoms with E-state index in [1.165, 1.54) is 0 Å². The number of thiazole rings is 1. The van der Waals surface area contributed by atoms with Crippen molar-refractivity contribution in [3.63, 3.8) is 0 Å². The molecule has 96 valence electrons. The highest BCUT2D eigenvalue weighted by atomic mass is 32.1. The van der Waals surface area contributed by atoms with E-state index in [1.807, 2.05) is 30.6 Å². The third kappa shape index (κ3) is 3.38. The zero-order valence-electron chi connectivity index (χ0n) is 10.3. The second kappa shape index (κ2) is 6.08. The summed E-state index contributed by atoms with van der Waals surface area (Å²) in [6, 6.07) is 6.18. The summed E-state index contributed by atoms with van der Waals surface area (Å²) in [5.41, 5.74) is 3.82. The van der Waals surface area contributed by atoms with E-state index in [-0.39, 0.29) is 6.04 Å². The van der Waals surface area contributed by atoms with E-state index >= 15 is 0 Å². The van der Waals surface area contributed by atoms with Gasteiger partial charge >= 0.3 is 0 Å². The average Bonchev–Trinajstić information content (AvgIpc) is 2.76. The summed E-state index contributed by atoms with van der Waals surface area (Å²) < 4.78 is 6.19. The monoisotopic (exact) mass is 281 g/mol. The molecule has 1 unspecified atom stereocenters. The van der Waals surface area contributed by atoms with E-state index in [0.717, 1.165) is 15.9 Å². The van der Waals surface area contributed by atoms with Crippen LogP contribution in [0.1, 0.15) is 6.92 Å². The maximum Gasteiger partial charge on any atom is 0.171 e. The molecule has 0 amide bonds. The molecule has 0 aliphatic carbocycles. The molecule has 2 rings (SSSR count). The number of methoxy groups -OCH3 is 1. The number of thiocarbonyl (C=S) groups is 1. The van der Waals surface area contributed by atoms with Crippen LogP contribution in [0.2, 0.25) is 0 Å². The molecule has 18 heavy (non-hydrogen) atoms. The normalized spacial score (nSPS) is 12.3. The number of hydrogen-bond donors (Lipinski definition) is 2. The third-order valence-electron chi connectivity index (χ3n) is 2.38. The van der Waals surface area contributed by atoms with Crippen LogP contribution >= 0.6 is 23.6 Å². The molecule has 1 heterocycles. The minimum Gasteiger partial charge on any atom is -0.383 e. The van der Waals surface area contributed by atoms with Crippen molar-refractivity contribution in [1.82, 2.24) is 10.3 Å². The van der Waals surface area contributed by atoms with E-state index in [9.17, 15) is 0 Å². The van der Waals surface area contributed by atoms with Crippen molar-refractivity contribution in [2.45, 2.75) is 13.0 Å². The maximum absolute atomic E-state index is 5.24. The first-order valence-electron chi connectivity index (χ1n) is 5.58. The summed E-state index contributed by atoms with van der Waals surface area (Å²) in [6.45, 7) is 2.64. The van der Waals surface area contributed by atoms with Crippen LogP contribution in [-0.2, 0) is 4.74 Å². The molecular weight excluding hydrogens is 266 g/mol. The van der Waals surface area contributed by atoms with Crippen LogP contribution in [0, 0.1) is 0 Å². The van der Waals surface area contributed by atoms with Gasteiger partial charge < -0.3 is 15.4 Å². The zero-order valence-corrected chi connectivity index (χ0v) is 11.9. The first kappa shape index (κ1) is 13.2. The fraction of sp³-hybridized carbons (Fsp3) is 0.333. The second-order valence-electron chi connectivity index (χ2n) is 3.99. The van der Waals surface area contributed by atoms with Crippen LogP contribution in [0.4, 0.5) is 5.69 Å². The molecule has 0 saturated carbocycles. The predicted octanol–water partition coefficient (Wildman–Crippen LogP) is 2.62. The highest BCUT2D eigenvalue weighted by Crippen LogP contribution is 2.21. The summed E-state index contributed by atoms with van der Waals surface area (Å²) in [5, 5.41) is 6.91. The molecule has 0 bridgehead atoms. The number of ether oxygens (including phenoxy) is 1. The molecule has 2 aromatic rings. The topological polar surface area (TPSA) is 46.2 Å². The molecule has 0 aliphatic rings. The van der Waals surface area contributed by atoms with E-state index in [1.54, 1.807) is 18.4 Å². The van der Waals surface area contributed by atoms with Crippen molar-refractivity contribution >= 4 is 44.6 Å². The fourth-order valence-electron chi connectivity index (χ4n) is 1.62.